The molecule has 5 heteroatoms. The van der Waals surface area contributed by atoms with Gasteiger partial charge in [0.2, 0.25) is 0 Å². The zero-order valence-electron chi connectivity index (χ0n) is 14.5. The highest BCUT2D eigenvalue weighted by Gasteiger charge is 2.36. The lowest BCUT2D eigenvalue weighted by Gasteiger charge is -2.38. The van der Waals surface area contributed by atoms with Crippen molar-refractivity contribution in [2.75, 3.05) is 0 Å². The van der Waals surface area contributed by atoms with Crippen molar-refractivity contribution in [3.8, 4) is 0 Å². The molecule has 0 bridgehead atoms. The van der Waals surface area contributed by atoms with Gasteiger partial charge in [-0.2, -0.15) is 0 Å². The van der Waals surface area contributed by atoms with Gasteiger partial charge in [0.1, 0.15) is 11.8 Å². The Balaban J connectivity index is 2.08. The van der Waals surface area contributed by atoms with Crippen molar-refractivity contribution in [1.82, 2.24) is 0 Å². The minimum Gasteiger partial charge on any atom is -0.423 e. The van der Waals surface area contributed by atoms with Gasteiger partial charge in [-0.05, 0) is 42.4 Å². The van der Waals surface area contributed by atoms with Gasteiger partial charge in [-0.15, -0.1) is 0 Å². The fraction of sp³-hybridized carbons (Fsp3) is 0.526. The number of hydrogen-bond donors (Lipinski definition) is 1. The third kappa shape index (κ3) is 4.08. The van der Waals surface area contributed by atoms with Crippen molar-refractivity contribution in [2.24, 2.45) is 11.1 Å². The minimum atomic E-state index is -0.400. The third-order valence-corrected chi connectivity index (χ3v) is 6.61. The van der Waals surface area contributed by atoms with Gasteiger partial charge >= 0.3 is 5.63 Å². The van der Waals surface area contributed by atoms with Crippen LogP contribution >= 0.6 is 15.9 Å². The van der Waals surface area contributed by atoms with E-state index in [9.17, 15) is 4.79 Å². The van der Waals surface area contributed by atoms with E-state index in [1.807, 2.05) is 18.2 Å². The van der Waals surface area contributed by atoms with E-state index >= 15 is 0 Å². The van der Waals surface area contributed by atoms with Crippen molar-refractivity contribution in [3.05, 3.63) is 46.3 Å². The van der Waals surface area contributed by atoms with Crippen molar-refractivity contribution < 1.29 is 9.15 Å². The summed E-state index contributed by atoms with van der Waals surface area (Å²) in [5.41, 5.74) is 7.56. The summed E-state index contributed by atoms with van der Waals surface area (Å²) in [6.07, 6.45) is 2.75. The lowest BCUT2D eigenvalue weighted by Crippen LogP contribution is -2.44. The van der Waals surface area contributed by atoms with Gasteiger partial charge in [0.05, 0.1) is 11.4 Å². The molecule has 0 fully saturated rings. The standard InChI is InChI=1S/C19H26BrNO3/c1-4-19(5-2,6-3)17(20)18(21)23-12-13-7-8-14-9-10-16(22)24-15(14)11-13/h7-11,17-18H,4-6,12,21H2,1-3H3. The van der Waals surface area contributed by atoms with Gasteiger partial charge in [-0.3, -0.25) is 0 Å². The molecule has 4 nitrogen and oxygen atoms in total. The van der Waals surface area contributed by atoms with Crippen LogP contribution < -0.4 is 11.4 Å². The van der Waals surface area contributed by atoms with Crippen molar-refractivity contribution in [2.45, 2.75) is 57.7 Å². The average molecular weight is 396 g/mol. The normalized spacial score (nSPS) is 14.7. The molecule has 2 rings (SSSR count). The fourth-order valence-electron chi connectivity index (χ4n) is 3.16. The van der Waals surface area contributed by atoms with Crippen LogP contribution in [0.2, 0.25) is 0 Å². The number of ether oxygens (including phenoxy) is 1. The lowest BCUT2D eigenvalue weighted by molar-refractivity contribution is 0.0133. The van der Waals surface area contributed by atoms with E-state index in [0.717, 1.165) is 30.2 Å². The van der Waals surface area contributed by atoms with Gasteiger partial charge in [0, 0.05) is 11.5 Å². The highest BCUT2D eigenvalue weighted by molar-refractivity contribution is 9.09. The Morgan fingerprint density at radius 1 is 1.17 bits per heavy atom. The highest BCUT2D eigenvalue weighted by Crippen LogP contribution is 2.40. The largest absolute Gasteiger partial charge is 0.423 e. The van der Waals surface area contributed by atoms with Crippen LogP contribution in [0, 0.1) is 5.41 Å². The van der Waals surface area contributed by atoms with Crippen molar-refractivity contribution in [1.29, 1.82) is 0 Å². The number of benzene rings is 1. The van der Waals surface area contributed by atoms with Gasteiger partial charge < -0.3 is 14.9 Å². The summed E-state index contributed by atoms with van der Waals surface area (Å²) in [6.45, 7) is 6.96. The highest BCUT2D eigenvalue weighted by atomic mass is 79.9. The van der Waals surface area contributed by atoms with Crippen LogP contribution in [0.15, 0.2) is 39.5 Å². The molecule has 0 aliphatic heterocycles. The maximum Gasteiger partial charge on any atom is 0.336 e. The van der Waals surface area contributed by atoms with Crippen LogP contribution in [0.25, 0.3) is 11.0 Å². The van der Waals surface area contributed by atoms with Gasteiger partial charge in [-0.1, -0.05) is 48.8 Å². The molecule has 2 aromatic rings. The molecule has 0 aliphatic carbocycles. The number of fused-ring (bicyclic) bond motifs is 1. The Morgan fingerprint density at radius 2 is 1.79 bits per heavy atom. The summed E-state index contributed by atoms with van der Waals surface area (Å²) >= 11 is 3.76. The van der Waals surface area contributed by atoms with E-state index < -0.39 is 6.23 Å². The van der Waals surface area contributed by atoms with Crippen molar-refractivity contribution >= 4 is 26.9 Å². The summed E-state index contributed by atoms with van der Waals surface area (Å²) in [4.78, 5) is 11.4. The molecule has 1 aromatic heterocycles. The van der Waals surface area contributed by atoms with Crippen molar-refractivity contribution in [3.63, 3.8) is 0 Å². The van der Waals surface area contributed by atoms with Crippen LogP contribution in [-0.2, 0) is 11.3 Å². The first-order valence-corrected chi connectivity index (χ1v) is 9.41. The van der Waals surface area contributed by atoms with E-state index in [2.05, 4.69) is 36.7 Å². The molecule has 0 aliphatic rings. The van der Waals surface area contributed by atoms with Gasteiger partial charge in [0.15, 0.2) is 0 Å². The molecule has 2 atom stereocenters. The molecule has 0 saturated heterocycles. The minimum absolute atomic E-state index is 0.0865. The Hall–Kier alpha value is -1.17. The molecule has 0 radical (unpaired) electrons. The molecule has 1 aromatic carbocycles. The Morgan fingerprint density at radius 3 is 2.42 bits per heavy atom. The predicted octanol–water partition coefficient (Wildman–Crippen LogP) is 4.57. The first-order valence-electron chi connectivity index (χ1n) is 8.49. The number of hydrogen-bond acceptors (Lipinski definition) is 4. The summed E-state index contributed by atoms with van der Waals surface area (Å²) in [5, 5.41) is 0.892. The molecule has 0 amide bonds. The van der Waals surface area contributed by atoms with Crippen LogP contribution in [0.1, 0.15) is 45.6 Å². The predicted molar refractivity (Wildman–Crippen MR) is 101 cm³/mol. The average Bonchev–Trinajstić information content (AvgIpc) is 2.61. The van der Waals surface area contributed by atoms with E-state index in [-0.39, 0.29) is 15.9 Å². The fourth-order valence-corrected chi connectivity index (χ4v) is 4.28. The molecule has 0 spiro atoms. The van der Waals surface area contributed by atoms with E-state index in [0.29, 0.717) is 12.2 Å². The SMILES string of the molecule is CCC(CC)(CC)C(Br)C(N)OCc1ccc2ccc(=O)oc2c1. The second-order valence-electron chi connectivity index (χ2n) is 6.23. The Kier molecular flexibility index (Phi) is 6.61. The lowest BCUT2D eigenvalue weighted by atomic mass is 9.76. The van der Waals surface area contributed by atoms with Crippen LogP contribution in [0.5, 0.6) is 0 Å². The maximum absolute atomic E-state index is 11.3. The molecule has 2 N–H and O–H groups in total. The summed E-state index contributed by atoms with van der Waals surface area (Å²) in [7, 11) is 0. The van der Waals surface area contributed by atoms with Crippen LogP contribution in [-0.4, -0.2) is 11.1 Å². The molecular weight excluding hydrogens is 370 g/mol. The number of nitrogens with two attached hydrogens (primary N) is 1. The zero-order chi connectivity index (χ0) is 17.7. The summed E-state index contributed by atoms with van der Waals surface area (Å²) in [6, 6.07) is 8.89. The third-order valence-electron chi connectivity index (χ3n) is 5.12. The van der Waals surface area contributed by atoms with E-state index in [4.69, 9.17) is 14.9 Å². The smallest absolute Gasteiger partial charge is 0.336 e. The first kappa shape index (κ1) is 19.2. The molecular formula is C19H26BrNO3. The summed E-state index contributed by atoms with van der Waals surface area (Å²) in [5.74, 6) is 0. The van der Waals surface area contributed by atoms with Gasteiger partial charge in [-0.25, -0.2) is 4.79 Å². The topological polar surface area (TPSA) is 65.5 Å². The Labute approximate surface area is 151 Å². The second-order valence-corrected chi connectivity index (χ2v) is 7.21. The number of rotatable bonds is 8. The molecule has 0 saturated carbocycles. The molecule has 132 valence electrons. The van der Waals surface area contributed by atoms with E-state index in [1.54, 1.807) is 6.07 Å². The summed E-state index contributed by atoms with van der Waals surface area (Å²) < 4.78 is 11.1. The first-order chi connectivity index (χ1) is 11.5. The Bertz CT molecular complexity index is 716. The monoisotopic (exact) mass is 395 g/mol. The quantitative estimate of drug-likeness (QED) is 0.403. The van der Waals surface area contributed by atoms with Crippen LogP contribution in [0.3, 0.4) is 0 Å². The second kappa shape index (κ2) is 8.28. The molecule has 2 unspecified atom stereocenters. The van der Waals surface area contributed by atoms with Crippen LogP contribution in [0.4, 0.5) is 0 Å². The molecule has 1 heterocycles. The number of alkyl halides is 1. The number of halogens is 1. The maximum atomic E-state index is 11.3. The zero-order valence-corrected chi connectivity index (χ0v) is 16.1. The van der Waals surface area contributed by atoms with E-state index in [1.165, 1.54) is 6.07 Å². The molecule has 24 heavy (non-hydrogen) atoms. The van der Waals surface area contributed by atoms with Gasteiger partial charge in [0.25, 0.3) is 0 Å².